The minimum atomic E-state index is -0.784. The lowest BCUT2D eigenvalue weighted by Crippen LogP contribution is -2.48. The van der Waals surface area contributed by atoms with Gasteiger partial charge in [0.05, 0.1) is 6.10 Å². The van der Waals surface area contributed by atoms with Crippen LogP contribution in [0.5, 0.6) is 0 Å². The Morgan fingerprint density at radius 3 is 2.27 bits per heavy atom. The van der Waals surface area contributed by atoms with E-state index >= 15 is 0 Å². The summed E-state index contributed by atoms with van der Waals surface area (Å²) in [6.45, 7) is 0. The minimum Gasteiger partial charge on any atom is -0.390 e. The first-order valence-electron chi connectivity index (χ1n) is 7.54. The smallest absolute Gasteiger partial charge is 0.123 e. The van der Waals surface area contributed by atoms with E-state index in [4.69, 9.17) is 11.5 Å². The van der Waals surface area contributed by atoms with Crippen molar-refractivity contribution in [2.45, 2.75) is 37.5 Å². The molecule has 0 saturated carbocycles. The Balaban J connectivity index is 1.84. The fourth-order valence-electron chi connectivity index (χ4n) is 2.52. The van der Waals surface area contributed by atoms with Crippen LogP contribution in [0, 0.1) is 5.82 Å². The molecule has 0 aromatic heterocycles. The molecular formula is C18H23FN2O. The van der Waals surface area contributed by atoms with Gasteiger partial charge in [0.2, 0.25) is 0 Å². The summed E-state index contributed by atoms with van der Waals surface area (Å²) in [5.41, 5.74) is 14.0. The van der Waals surface area contributed by atoms with Gasteiger partial charge in [0.25, 0.3) is 0 Å². The topological polar surface area (TPSA) is 72.3 Å². The van der Waals surface area contributed by atoms with Crippen molar-refractivity contribution in [3.63, 3.8) is 0 Å². The molecule has 118 valence electrons. The largest absolute Gasteiger partial charge is 0.390 e. The fourth-order valence-corrected chi connectivity index (χ4v) is 2.52. The van der Waals surface area contributed by atoms with Crippen molar-refractivity contribution in [2.24, 2.45) is 11.5 Å². The summed E-state index contributed by atoms with van der Waals surface area (Å²) in [7, 11) is 0. The maximum absolute atomic E-state index is 13.1. The van der Waals surface area contributed by atoms with Crippen LogP contribution in [-0.4, -0.2) is 23.3 Å². The normalized spacial score (nSPS) is 15.3. The first-order chi connectivity index (χ1) is 10.6. The van der Waals surface area contributed by atoms with Crippen molar-refractivity contribution in [1.29, 1.82) is 0 Å². The molecule has 0 saturated heterocycles. The number of halogens is 1. The second kappa shape index (κ2) is 8.03. The second-order valence-corrected chi connectivity index (χ2v) is 5.68. The third kappa shape index (κ3) is 4.91. The SMILES string of the molecule is NC(CCc1cccc(F)c1)[C@@H](O)[C@@H](N)Cc1ccccc1. The molecule has 0 fully saturated rings. The van der Waals surface area contributed by atoms with Gasteiger partial charge in [0.1, 0.15) is 5.82 Å². The van der Waals surface area contributed by atoms with Crippen LogP contribution in [0.15, 0.2) is 54.6 Å². The van der Waals surface area contributed by atoms with E-state index in [1.54, 1.807) is 6.07 Å². The number of rotatable bonds is 7. The lowest BCUT2D eigenvalue weighted by Gasteiger charge is -2.25. The summed E-state index contributed by atoms with van der Waals surface area (Å²) in [5.74, 6) is -0.257. The van der Waals surface area contributed by atoms with Crippen LogP contribution in [0.4, 0.5) is 4.39 Å². The first kappa shape index (κ1) is 16.6. The zero-order valence-electron chi connectivity index (χ0n) is 12.5. The van der Waals surface area contributed by atoms with E-state index in [1.807, 2.05) is 36.4 Å². The van der Waals surface area contributed by atoms with Crippen molar-refractivity contribution in [3.05, 3.63) is 71.5 Å². The fraction of sp³-hybridized carbons (Fsp3) is 0.333. The molecule has 3 atom stereocenters. The maximum atomic E-state index is 13.1. The Bertz CT molecular complexity index is 576. The average molecular weight is 302 g/mol. The summed E-state index contributed by atoms with van der Waals surface area (Å²) < 4.78 is 13.1. The van der Waals surface area contributed by atoms with Gasteiger partial charge in [-0.2, -0.15) is 0 Å². The van der Waals surface area contributed by atoms with Gasteiger partial charge in [-0.3, -0.25) is 0 Å². The summed E-state index contributed by atoms with van der Waals surface area (Å²) >= 11 is 0. The standard InChI is InChI=1S/C18H23FN2O/c19-15-8-4-7-14(11-15)9-10-16(20)18(22)17(21)12-13-5-2-1-3-6-13/h1-8,11,16-18,22H,9-10,12,20-21H2/t16?,17-,18+/m0/s1. The van der Waals surface area contributed by atoms with Crippen molar-refractivity contribution in [2.75, 3.05) is 0 Å². The molecule has 1 unspecified atom stereocenters. The van der Waals surface area contributed by atoms with Crippen LogP contribution in [0.2, 0.25) is 0 Å². The van der Waals surface area contributed by atoms with E-state index in [0.717, 1.165) is 11.1 Å². The summed E-state index contributed by atoms with van der Waals surface area (Å²) in [4.78, 5) is 0. The molecule has 2 aromatic rings. The van der Waals surface area contributed by atoms with Gasteiger partial charge in [-0.1, -0.05) is 42.5 Å². The lowest BCUT2D eigenvalue weighted by molar-refractivity contribution is 0.112. The van der Waals surface area contributed by atoms with Gasteiger partial charge >= 0.3 is 0 Å². The van der Waals surface area contributed by atoms with Gasteiger partial charge < -0.3 is 16.6 Å². The number of hydrogen-bond donors (Lipinski definition) is 3. The molecule has 0 amide bonds. The Morgan fingerprint density at radius 1 is 0.909 bits per heavy atom. The van der Waals surface area contributed by atoms with Crippen LogP contribution < -0.4 is 11.5 Å². The Kier molecular flexibility index (Phi) is 6.07. The molecule has 5 N–H and O–H groups in total. The molecule has 3 nitrogen and oxygen atoms in total. The van der Waals surface area contributed by atoms with E-state index in [-0.39, 0.29) is 5.82 Å². The number of hydrogen-bond acceptors (Lipinski definition) is 3. The van der Waals surface area contributed by atoms with Gasteiger partial charge in [0.15, 0.2) is 0 Å². The van der Waals surface area contributed by atoms with Gasteiger partial charge in [0, 0.05) is 12.1 Å². The van der Waals surface area contributed by atoms with Crippen molar-refractivity contribution >= 4 is 0 Å². The molecule has 0 heterocycles. The monoisotopic (exact) mass is 302 g/mol. The van der Waals surface area contributed by atoms with Crippen LogP contribution in [0.3, 0.4) is 0 Å². The predicted octanol–water partition coefficient (Wildman–Crippen LogP) is 2.02. The number of benzene rings is 2. The van der Waals surface area contributed by atoms with E-state index < -0.39 is 18.2 Å². The molecule has 2 rings (SSSR count). The summed E-state index contributed by atoms with van der Waals surface area (Å²) in [5, 5.41) is 10.3. The molecule has 0 radical (unpaired) electrons. The Labute approximate surface area is 130 Å². The number of aliphatic hydroxyl groups excluding tert-OH is 1. The molecule has 0 aliphatic rings. The average Bonchev–Trinajstić information content (AvgIpc) is 2.53. The maximum Gasteiger partial charge on any atom is 0.123 e. The molecule has 22 heavy (non-hydrogen) atoms. The van der Waals surface area contributed by atoms with Gasteiger partial charge in [-0.05, 0) is 42.5 Å². The third-order valence-electron chi connectivity index (χ3n) is 3.85. The molecule has 0 bridgehead atoms. The Hall–Kier alpha value is -1.75. The Morgan fingerprint density at radius 2 is 1.59 bits per heavy atom. The first-order valence-corrected chi connectivity index (χ1v) is 7.54. The van der Waals surface area contributed by atoms with Crippen molar-refractivity contribution < 1.29 is 9.50 Å². The van der Waals surface area contributed by atoms with Crippen LogP contribution >= 0.6 is 0 Å². The second-order valence-electron chi connectivity index (χ2n) is 5.68. The molecular weight excluding hydrogens is 279 g/mol. The van der Waals surface area contributed by atoms with Gasteiger partial charge in [-0.25, -0.2) is 4.39 Å². The zero-order valence-corrected chi connectivity index (χ0v) is 12.5. The van der Waals surface area contributed by atoms with E-state index in [9.17, 15) is 9.50 Å². The quantitative estimate of drug-likeness (QED) is 0.732. The molecule has 2 aromatic carbocycles. The molecule has 0 aliphatic heterocycles. The molecule has 0 aliphatic carbocycles. The van der Waals surface area contributed by atoms with Crippen LogP contribution in [0.1, 0.15) is 17.5 Å². The van der Waals surface area contributed by atoms with E-state index in [1.165, 1.54) is 12.1 Å². The van der Waals surface area contributed by atoms with Gasteiger partial charge in [-0.15, -0.1) is 0 Å². The number of nitrogens with two attached hydrogens (primary N) is 2. The highest BCUT2D eigenvalue weighted by Crippen LogP contribution is 2.11. The number of aryl methyl sites for hydroxylation is 1. The van der Waals surface area contributed by atoms with Crippen LogP contribution in [-0.2, 0) is 12.8 Å². The molecule has 4 heteroatoms. The lowest BCUT2D eigenvalue weighted by atomic mass is 9.94. The summed E-state index contributed by atoms with van der Waals surface area (Å²) in [6.07, 6.45) is 0.977. The predicted molar refractivity (Wildman–Crippen MR) is 86.8 cm³/mol. The minimum absolute atomic E-state index is 0.257. The third-order valence-corrected chi connectivity index (χ3v) is 3.85. The highest BCUT2D eigenvalue weighted by molar-refractivity contribution is 5.17. The zero-order chi connectivity index (χ0) is 15.9. The van der Waals surface area contributed by atoms with Crippen molar-refractivity contribution in [1.82, 2.24) is 0 Å². The van der Waals surface area contributed by atoms with Crippen molar-refractivity contribution in [3.8, 4) is 0 Å². The highest BCUT2D eigenvalue weighted by atomic mass is 19.1. The highest BCUT2D eigenvalue weighted by Gasteiger charge is 2.22. The molecule has 0 spiro atoms. The van der Waals surface area contributed by atoms with E-state index in [0.29, 0.717) is 19.3 Å². The van der Waals surface area contributed by atoms with Crippen LogP contribution in [0.25, 0.3) is 0 Å². The number of aliphatic hydroxyl groups is 1. The summed E-state index contributed by atoms with van der Waals surface area (Å²) in [6, 6.07) is 15.4. The van der Waals surface area contributed by atoms with E-state index in [2.05, 4.69) is 0 Å².